The first kappa shape index (κ1) is 28.6. The number of nitrogens with zero attached hydrogens (tertiary/aromatic N) is 2. The maximum absolute atomic E-state index is 14.2. The van der Waals surface area contributed by atoms with E-state index in [2.05, 4.69) is 11.4 Å². The first-order valence-corrected chi connectivity index (χ1v) is 13.9. The summed E-state index contributed by atoms with van der Waals surface area (Å²) in [7, 11) is 3.15. The van der Waals surface area contributed by atoms with Gasteiger partial charge in [-0.3, -0.25) is 24.1 Å². The van der Waals surface area contributed by atoms with Gasteiger partial charge < -0.3 is 19.7 Å². The van der Waals surface area contributed by atoms with Gasteiger partial charge in [0.1, 0.15) is 24.1 Å². The van der Waals surface area contributed by atoms with Crippen molar-refractivity contribution in [3.63, 3.8) is 0 Å². The lowest BCUT2D eigenvalue weighted by atomic mass is 9.85. The number of rotatable bonds is 10. The number of hydrogen-bond donors (Lipinski definition) is 1. The molecule has 0 spiro atoms. The third kappa shape index (κ3) is 6.05. The van der Waals surface area contributed by atoms with E-state index in [1.54, 1.807) is 79.8 Å². The maximum Gasteiger partial charge on any atom is 0.299 e. The van der Waals surface area contributed by atoms with Crippen molar-refractivity contribution in [2.24, 2.45) is 5.92 Å². The van der Waals surface area contributed by atoms with Crippen LogP contribution < -0.4 is 19.7 Å². The zero-order chi connectivity index (χ0) is 29.6. The summed E-state index contributed by atoms with van der Waals surface area (Å²) in [6.45, 7) is -0.242. The van der Waals surface area contributed by atoms with E-state index in [9.17, 15) is 19.2 Å². The van der Waals surface area contributed by atoms with E-state index in [1.807, 2.05) is 18.2 Å². The molecule has 0 saturated carbocycles. The predicted octanol–water partition coefficient (Wildman–Crippen LogP) is 4.63. The molecule has 5 rings (SSSR count). The molecule has 3 aromatic carbocycles. The Kier molecular flexibility index (Phi) is 8.66. The Bertz CT molecular complexity index is 1500. The Morgan fingerprint density at radius 3 is 2.24 bits per heavy atom. The molecule has 2 aliphatic rings. The highest BCUT2D eigenvalue weighted by molar-refractivity contribution is 6.52. The molecule has 0 aromatic heterocycles. The van der Waals surface area contributed by atoms with Gasteiger partial charge in [0.25, 0.3) is 11.7 Å². The van der Waals surface area contributed by atoms with Crippen LogP contribution in [-0.4, -0.2) is 55.2 Å². The Morgan fingerprint density at radius 1 is 0.929 bits per heavy atom. The van der Waals surface area contributed by atoms with Gasteiger partial charge in [-0.15, -0.1) is 0 Å². The average molecular weight is 568 g/mol. The van der Waals surface area contributed by atoms with Gasteiger partial charge in [-0.05, 0) is 79.3 Å². The number of Topliss-reactive ketones (excluding diaryl/α,β-unsaturated/α-hetero) is 1. The zero-order valence-corrected chi connectivity index (χ0v) is 23.6. The van der Waals surface area contributed by atoms with E-state index in [1.165, 1.54) is 4.90 Å². The van der Waals surface area contributed by atoms with Gasteiger partial charge in [0.05, 0.1) is 25.5 Å². The van der Waals surface area contributed by atoms with Crippen molar-refractivity contribution in [3.8, 4) is 11.5 Å². The van der Waals surface area contributed by atoms with Crippen LogP contribution in [0.1, 0.15) is 35.2 Å². The molecule has 0 saturated heterocycles. The number of carbonyl (C=O) groups excluding carboxylic acids is 4. The number of methoxy groups -OCH3 is 2. The highest BCUT2D eigenvalue weighted by atomic mass is 16.5. The molecular weight excluding hydrogens is 534 g/mol. The fourth-order valence-electron chi connectivity index (χ4n) is 5.50. The van der Waals surface area contributed by atoms with Crippen molar-refractivity contribution >= 4 is 34.9 Å². The lowest BCUT2D eigenvalue weighted by Crippen LogP contribution is -2.54. The quantitative estimate of drug-likeness (QED) is 0.283. The van der Waals surface area contributed by atoms with Gasteiger partial charge in [0.2, 0.25) is 11.8 Å². The molecule has 9 heteroatoms. The molecule has 0 unspecified atom stereocenters. The van der Waals surface area contributed by atoms with Gasteiger partial charge >= 0.3 is 0 Å². The van der Waals surface area contributed by atoms with Crippen molar-refractivity contribution in [1.29, 1.82) is 0 Å². The molecule has 42 heavy (non-hydrogen) atoms. The third-order valence-electron chi connectivity index (χ3n) is 7.72. The van der Waals surface area contributed by atoms with Crippen LogP contribution in [0.5, 0.6) is 11.5 Å². The summed E-state index contributed by atoms with van der Waals surface area (Å²) >= 11 is 0. The molecule has 2 atom stereocenters. The summed E-state index contributed by atoms with van der Waals surface area (Å²) in [4.78, 5) is 56.6. The second-order valence-electron chi connectivity index (χ2n) is 10.3. The molecule has 216 valence electrons. The Morgan fingerprint density at radius 2 is 1.60 bits per heavy atom. The minimum Gasteiger partial charge on any atom is -0.497 e. The van der Waals surface area contributed by atoms with Crippen molar-refractivity contribution in [1.82, 2.24) is 4.90 Å². The topological polar surface area (TPSA) is 105 Å². The Hall–Kier alpha value is -4.92. The van der Waals surface area contributed by atoms with Crippen LogP contribution in [0.3, 0.4) is 0 Å². The fraction of sp³-hybridized carbons (Fsp3) is 0.273. The molecule has 3 aromatic rings. The van der Waals surface area contributed by atoms with Crippen molar-refractivity contribution in [3.05, 3.63) is 96.1 Å². The van der Waals surface area contributed by atoms with Crippen LogP contribution in [0.15, 0.2) is 84.9 Å². The van der Waals surface area contributed by atoms with E-state index in [0.29, 0.717) is 35.7 Å². The van der Waals surface area contributed by atoms with Gasteiger partial charge in [-0.25, -0.2) is 0 Å². The summed E-state index contributed by atoms with van der Waals surface area (Å²) < 4.78 is 10.5. The molecule has 1 N–H and O–H groups in total. The molecule has 1 aliphatic carbocycles. The first-order chi connectivity index (χ1) is 20.4. The van der Waals surface area contributed by atoms with Crippen LogP contribution in [0, 0.1) is 5.92 Å². The summed E-state index contributed by atoms with van der Waals surface area (Å²) in [5, 5.41) is 2.99. The minimum absolute atomic E-state index is 0.126. The number of fused-ring (bicyclic) bond motifs is 1. The number of ketones is 1. The van der Waals surface area contributed by atoms with Crippen LogP contribution in [0.2, 0.25) is 0 Å². The monoisotopic (exact) mass is 567 g/mol. The lowest BCUT2D eigenvalue weighted by Gasteiger charge is -2.37. The number of nitrogens with one attached hydrogen (secondary N) is 1. The summed E-state index contributed by atoms with van der Waals surface area (Å²) in [6.07, 6.45) is 6.24. The summed E-state index contributed by atoms with van der Waals surface area (Å²) in [5.74, 6) is -0.998. The molecule has 0 bridgehead atoms. The van der Waals surface area contributed by atoms with E-state index >= 15 is 0 Å². The van der Waals surface area contributed by atoms with Crippen LogP contribution in [0.25, 0.3) is 0 Å². The number of amides is 3. The van der Waals surface area contributed by atoms with Gasteiger partial charge in [0.15, 0.2) is 0 Å². The lowest BCUT2D eigenvalue weighted by molar-refractivity contribution is -0.140. The molecule has 9 nitrogen and oxygen atoms in total. The summed E-state index contributed by atoms with van der Waals surface area (Å²) in [5.41, 5.74) is 2.03. The number of ether oxygens (including phenoxy) is 2. The number of hydrogen-bond acceptors (Lipinski definition) is 6. The van der Waals surface area contributed by atoms with Crippen LogP contribution in [0.4, 0.5) is 11.4 Å². The number of carbonyl (C=O) groups is 4. The normalized spacial score (nSPS) is 16.5. The van der Waals surface area contributed by atoms with E-state index < -0.39 is 23.6 Å². The number of benzene rings is 3. The molecule has 3 amide bonds. The van der Waals surface area contributed by atoms with Crippen LogP contribution in [-0.2, 0) is 20.9 Å². The second kappa shape index (κ2) is 12.7. The molecule has 0 fully saturated rings. The Labute approximate surface area is 244 Å². The van der Waals surface area contributed by atoms with Gasteiger partial charge in [-0.1, -0.05) is 36.4 Å². The average Bonchev–Trinajstić information content (AvgIpc) is 3.26. The molecule has 1 heterocycles. The first-order valence-electron chi connectivity index (χ1n) is 13.9. The summed E-state index contributed by atoms with van der Waals surface area (Å²) in [6, 6.07) is 20.1. The van der Waals surface area contributed by atoms with Crippen molar-refractivity contribution in [2.45, 2.75) is 31.8 Å². The van der Waals surface area contributed by atoms with Crippen molar-refractivity contribution in [2.75, 3.05) is 31.0 Å². The highest BCUT2D eigenvalue weighted by Gasteiger charge is 2.41. The van der Waals surface area contributed by atoms with E-state index in [4.69, 9.17) is 9.47 Å². The number of allylic oxidation sites excluding steroid dienone is 2. The molecule has 0 radical (unpaired) electrons. The largest absolute Gasteiger partial charge is 0.497 e. The van der Waals surface area contributed by atoms with Gasteiger partial charge in [0, 0.05) is 12.2 Å². The standard InChI is InChI=1S/C33H33N3O6/c1-41-25-16-12-22(13-17-25)20-36(29(37)21-35-28-11-7-6-10-27(28)31(38)33(35)40)30(23-8-4-3-5-9-23)32(39)34-24-14-18-26(42-2)19-15-24/h3-4,6-7,10-19,23,30H,5,8-9,20-21H2,1-2H3,(H,34,39)/t23-,30+/m1/s1. The maximum atomic E-state index is 14.2. The fourth-order valence-corrected chi connectivity index (χ4v) is 5.50. The van der Waals surface area contributed by atoms with Crippen molar-refractivity contribution < 1.29 is 28.7 Å². The van der Waals surface area contributed by atoms with E-state index in [0.717, 1.165) is 12.0 Å². The number of anilines is 2. The van der Waals surface area contributed by atoms with E-state index in [-0.39, 0.29) is 30.5 Å². The van der Waals surface area contributed by atoms with Crippen LogP contribution >= 0.6 is 0 Å². The minimum atomic E-state index is -0.838. The molecule has 1 aliphatic heterocycles. The Balaban J connectivity index is 1.49. The third-order valence-corrected chi connectivity index (χ3v) is 7.72. The SMILES string of the molecule is COc1ccc(CN(C(=O)CN2C(=O)C(=O)c3ccccc32)[C@H](C(=O)Nc2ccc(OC)cc2)[C@@H]2CC=CCC2)cc1. The second-order valence-corrected chi connectivity index (χ2v) is 10.3. The number of para-hydroxylation sites is 1. The predicted molar refractivity (Wildman–Crippen MR) is 159 cm³/mol. The highest BCUT2D eigenvalue weighted by Crippen LogP contribution is 2.31. The van der Waals surface area contributed by atoms with Gasteiger partial charge in [-0.2, -0.15) is 0 Å². The zero-order valence-electron chi connectivity index (χ0n) is 23.6. The smallest absolute Gasteiger partial charge is 0.299 e. The molecular formula is C33H33N3O6.